The Morgan fingerprint density at radius 3 is 1.23 bits per heavy atom. The van der Waals surface area contributed by atoms with Crippen molar-refractivity contribution in [1.29, 1.82) is 0 Å². The Kier molecular flexibility index (Phi) is 6.97. The Bertz CT molecular complexity index is 341. The first-order valence-corrected chi connectivity index (χ1v) is 8.07. The van der Waals surface area contributed by atoms with Gasteiger partial charge in [0.1, 0.15) is 0 Å². The Balaban J connectivity index is 2.84. The maximum Gasteiger partial charge on any atom is 0.195 e. The third-order valence-electron chi connectivity index (χ3n) is 3.81. The lowest BCUT2D eigenvalue weighted by Gasteiger charge is -2.30. The molecule has 128 valence electrons. The highest BCUT2D eigenvalue weighted by atomic mass is 15.3. The molecule has 2 unspecified atom stereocenters. The summed E-state index contributed by atoms with van der Waals surface area (Å²) in [6, 6.07) is 0.737. The van der Waals surface area contributed by atoms with Gasteiger partial charge in [-0.05, 0) is 25.7 Å². The highest BCUT2D eigenvalue weighted by molar-refractivity contribution is 5.80. The largest absolute Gasteiger partial charge is 0.349 e. The van der Waals surface area contributed by atoms with Crippen LogP contribution >= 0.6 is 0 Å². The van der Waals surface area contributed by atoms with Crippen molar-refractivity contribution >= 4 is 11.9 Å². The lowest BCUT2D eigenvalue weighted by molar-refractivity contribution is 0.372. The highest BCUT2D eigenvalue weighted by Crippen LogP contribution is 2.24. The van der Waals surface area contributed by atoms with E-state index in [-0.39, 0.29) is 0 Å². The first kappa shape index (κ1) is 18.6. The monoisotopic (exact) mass is 310 g/mol. The standard InChI is InChI=1S/C16H34N6/c1-19(2)15(20(3)4)17-13-10-9-11-14(12-13)18-16(21(5)6)22(7)8/h13-14H,9-12H2,1-8H3. The third-order valence-corrected chi connectivity index (χ3v) is 3.81. The zero-order valence-corrected chi connectivity index (χ0v) is 15.7. The van der Waals surface area contributed by atoms with Crippen LogP contribution in [0.4, 0.5) is 0 Å². The maximum atomic E-state index is 4.95. The predicted molar refractivity (Wildman–Crippen MR) is 95.7 cm³/mol. The number of rotatable bonds is 2. The molecule has 0 aliphatic heterocycles. The normalized spacial score (nSPS) is 20.9. The molecule has 22 heavy (non-hydrogen) atoms. The van der Waals surface area contributed by atoms with E-state index in [1.165, 1.54) is 6.42 Å². The quantitative estimate of drug-likeness (QED) is 0.568. The van der Waals surface area contributed by atoms with Crippen molar-refractivity contribution in [1.82, 2.24) is 19.6 Å². The van der Waals surface area contributed by atoms with Crippen LogP contribution in [0.5, 0.6) is 0 Å². The molecule has 6 nitrogen and oxygen atoms in total. The van der Waals surface area contributed by atoms with Crippen LogP contribution in [-0.4, -0.2) is 100.0 Å². The molecule has 0 saturated heterocycles. The molecule has 0 bridgehead atoms. The molecule has 0 aromatic heterocycles. The van der Waals surface area contributed by atoms with Crippen LogP contribution in [0.15, 0.2) is 9.98 Å². The summed E-state index contributed by atoms with van der Waals surface area (Å²) in [5.41, 5.74) is 0. The van der Waals surface area contributed by atoms with Gasteiger partial charge in [0.05, 0.1) is 12.1 Å². The number of hydrogen-bond acceptors (Lipinski definition) is 2. The van der Waals surface area contributed by atoms with Gasteiger partial charge in [0.2, 0.25) is 0 Å². The molecule has 0 N–H and O–H groups in total. The van der Waals surface area contributed by atoms with E-state index in [1.54, 1.807) is 0 Å². The molecule has 2 atom stereocenters. The molecule has 1 fully saturated rings. The second-order valence-electron chi connectivity index (χ2n) is 6.91. The van der Waals surface area contributed by atoms with Crippen LogP contribution in [0.25, 0.3) is 0 Å². The summed E-state index contributed by atoms with van der Waals surface area (Å²) in [4.78, 5) is 18.2. The van der Waals surface area contributed by atoms with E-state index >= 15 is 0 Å². The molecular weight excluding hydrogens is 276 g/mol. The summed E-state index contributed by atoms with van der Waals surface area (Å²) in [7, 11) is 16.4. The van der Waals surface area contributed by atoms with Crippen molar-refractivity contribution in [3.8, 4) is 0 Å². The Hall–Kier alpha value is -1.46. The number of guanidine groups is 2. The highest BCUT2D eigenvalue weighted by Gasteiger charge is 2.23. The molecule has 1 aliphatic carbocycles. The van der Waals surface area contributed by atoms with Crippen molar-refractivity contribution in [3.63, 3.8) is 0 Å². The zero-order chi connectivity index (χ0) is 16.9. The maximum absolute atomic E-state index is 4.95. The summed E-state index contributed by atoms with van der Waals surface area (Å²) >= 11 is 0. The van der Waals surface area contributed by atoms with E-state index in [9.17, 15) is 0 Å². The van der Waals surface area contributed by atoms with E-state index in [2.05, 4.69) is 19.6 Å². The van der Waals surface area contributed by atoms with Crippen molar-refractivity contribution in [2.45, 2.75) is 37.8 Å². The van der Waals surface area contributed by atoms with Gasteiger partial charge in [-0.1, -0.05) is 0 Å². The number of nitrogens with zero attached hydrogens (tertiary/aromatic N) is 6. The van der Waals surface area contributed by atoms with Crippen LogP contribution < -0.4 is 0 Å². The van der Waals surface area contributed by atoms with Crippen molar-refractivity contribution in [3.05, 3.63) is 0 Å². The topological polar surface area (TPSA) is 37.7 Å². The molecule has 1 saturated carbocycles. The molecule has 1 aliphatic rings. The third kappa shape index (κ3) is 5.39. The summed E-state index contributed by atoms with van der Waals surface area (Å²) in [6.07, 6.45) is 4.56. The number of hydrogen-bond donors (Lipinski definition) is 0. The lowest BCUT2D eigenvalue weighted by Crippen LogP contribution is -2.39. The van der Waals surface area contributed by atoms with E-state index in [1.807, 2.05) is 56.4 Å². The average molecular weight is 310 g/mol. The van der Waals surface area contributed by atoms with E-state index in [0.29, 0.717) is 12.1 Å². The van der Waals surface area contributed by atoms with Gasteiger partial charge in [-0.3, -0.25) is 0 Å². The minimum absolute atomic E-state index is 0.368. The van der Waals surface area contributed by atoms with Crippen molar-refractivity contribution in [2.75, 3.05) is 56.4 Å². The molecule has 0 aromatic carbocycles. The fraction of sp³-hybridized carbons (Fsp3) is 0.875. The van der Waals surface area contributed by atoms with Crippen molar-refractivity contribution < 1.29 is 0 Å². The molecular formula is C16H34N6. The Morgan fingerprint density at radius 2 is 0.955 bits per heavy atom. The van der Waals surface area contributed by atoms with Gasteiger partial charge < -0.3 is 19.6 Å². The average Bonchev–Trinajstić information content (AvgIpc) is 2.41. The molecule has 0 radical (unpaired) electrons. The van der Waals surface area contributed by atoms with Crippen LogP contribution in [-0.2, 0) is 0 Å². The summed E-state index contributed by atoms with van der Waals surface area (Å²) in [5, 5.41) is 0. The van der Waals surface area contributed by atoms with Crippen LogP contribution in [0.2, 0.25) is 0 Å². The molecule has 1 rings (SSSR count). The van der Waals surface area contributed by atoms with Gasteiger partial charge in [0.25, 0.3) is 0 Å². The fourth-order valence-electron chi connectivity index (χ4n) is 2.96. The first-order valence-electron chi connectivity index (χ1n) is 8.07. The zero-order valence-electron chi connectivity index (χ0n) is 15.7. The minimum Gasteiger partial charge on any atom is -0.349 e. The van der Waals surface area contributed by atoms with Gasteiger partial charge in [0, 0.05) is 56.4 Å². The first-order chi connectivity index (χ1) is 10.2. The van der Waals surface area contributed by atoms with Crippen LogP contribution in [0, 0.1) is 0 Å². The minimum atomic E-state index is 0.368. The molecule has 0 spiro atoms. The van der Waals surface area contributed by atoms with Gasteiger partial charge in [0.15, 0.2) is 11.9 Å². The van der Waals surface area contributed by atoms with E-state index in [0.717, 1.165) is 31.2 Å². The van der Waals surface area contributed by atoms with Gasteiger partial charge in [-0.15, -0.1) is 0 Å². The smallest absolute Gasteiger partial charge is 0.195 e. The Morgan fingerprint density at radius 1 is 0.636 bits per heavy atom. The SMILES string of the molecule is CN(C)C(=NC1CCCC(N=C(N(C)C)N(C)C)C1)N(C)C. The Labute approximate surface area is 136 Å². The van der Waals surface area contributed by atoms with E-state index in [4.69, 9.17) is 9.98 Å². The predicted octanol–water partition coefficient (Wildman–Crippen LogP) is 1.26. The molecule has 0 heterocycles. The van der Waals surface area contributed by atoms with Gasteiger partial charge in [-0.25, -0.2) is 9.98 Å². The second kappa shape index (κ2) is 8.25. The van der Waals surface area contributed by atoms with Crippen LogP contribution in [0.1, 0.15) is 25.7 Å². The fourth-order valence-corrected chi connectivity index (χ4v) is 2.96. The summed E-state index contributed by atoms with van der Waals surface area (Å²) in [6.45, 7) is 0. The summed E-state index contributed by atoms with van der Waals surface area (Å²) in [5.74, 6) is 2.07. The van der Waals surface area contributed by atoms with Gasteiger partial charge in [-0.2, -0.15) is 0 Å². The molecule has 0 aromatic rings. The number of aliphatic imine (C=N–C) groups is 2. The second-order valence-corrected chi connectivity index (χ2v) is 6.91. The summed E-state index contributed by atoms with van der Waals surface area (Å²) < 4.78 is 0. The molecule has 6 heteroatoms. The lowest BCUT2D eigenvalue weighted by atomic mass is 9.92. The van der Waals surface area contributed by atoms with E-state index < -0.39 is 0 Å². The van der Waals surface area contributed by atoms with Crippen LogP contribution in [0.3, 0.4) is 0 Å². The molecule has 0 amide bonds. The van der Waals surface area contributed by atoms with Crippen molar-refractivity contribution in [2.24, 2.45) is 9.98 Å². The van der Waals surface area contributed by atoms with Gasteiger partial charge >= 0.3 is 0 Å².